The van der Waals surface area contributed by atoms with E-state index in [9.17, 15) is 9.59 Å². The summed E-state index contributed by atoms with van der Waals surface area (Å²) in [5.41, 5.74) is 2.56. The lowest BCUT2D eigenvalue weighted by Crippen LogP contribution is -2.47. The van der Waals surface area contributed by atoms with Crippen molar-refractivity contribution in [3.8, 4) is 5.75 Å². The van der Waals surface area contributed by atoms with E-state index in [2.05, 4.69) is 10.3 Å². The van der Waals surface area contributed by atoms with Crippen LogP contribution in [0.5, 0.6) is 5.75 Å². The van der Waals surface area contributed by atoms with Crippen molar-refractivity contribution in [1.29, 1.82) is 0 Å². The molecular formula is C28H31N3O3. The van der Waals surface area contributed by atoms with Crippen molar-refractivity contribution >= 4 is 17.5 Å². The SMILES string of the molecule is COc1cccc(N(C(=O)c2ccccn2)[C@H](C(=O)NC2CCCCC2)c2ccccc2C)c1. The van der Waals surface area contributed by atoms with Crippen LogP contribution in [0.1, 0.15) is 59.8 Å². The number of aromatic nitrogens is 1. The Kier molecular flexibility index (Phi) is 7.58. The molecule has 2 amide bonds. The normalized spacial score (nSPS) is 14.8. The molecule has 176 valence electrons. The monoisotopic (exact) mass is 457 g/mol. The van der Waals surface area contributed by atoms with Gasteiger partial charge < -0.3 is 10.1 Å². The molecule has 1 atom stereocenters. The van der Waals surface area contributed by atoms with Gasteiger partial charge in [-0.2, -0.15) is 0 Å². The quantitative estimate of drug-likeness (QED) is 0.527. The van der Waals surface area contributed by atoms with E-state index in [4.69, 9.17) is 4.74 Å². The fourth-order valence-electron chi connectivity index (χ4n) is 4.57. The summed E-state index contributed by atoms with van der Waals surface area (Å²) < 4.78 is 5.43. The number of carbonyl (C=O) groups is 2. The second-order valence-electron chi connectivity index (χ2n) is 8.69. The molecule has 1 heterocycles. The molecule has 0 bridgehead atoms. The molecule has 0 spiro atoms. The zero-order valence-corrected chi connectivity index (χ0v) is 19.7. The highest BCUT2D eigenvalue weighted by Crippen LogP contribution is 2.33. The Morgan fingerprint density at radius 2 is 1.76 bits per heavy atom. The standard InChI is InChI=1S/C28H31N3O3/c1-20-11-6-7-16-24(20)26(27(32)30-21-12-4-3-5-13-21)31(22-14-10-15-23(19-22)34-2)28(33)25-17-8-9-18-29-25/h6-11,14-19,21,26H,3-5,12-13H2,1-2H3,(H,30,32)/t26-/m0/s1. The molecule has 1 saturated carbocycles. The summed E-state index contributed by atoms with van der Waals surface area (Å²) in [5.74, 6) is 0.0711. The molecule has 6 nitrogen and oxygen atoms in total. The number of nitrogens with one attached hydrogen (secondary N) is 1. The van der Waals surface area contributed by atoms with Gasteiger partial charge in [-0.15, -0.1) is 0 Å². The van der Waals surface area contributed by atoms with Gasteiger partial charge in [0, 0.05) is 24.0 Å². The van der Waals surface area contributed by atoms with Crippen LogP contribution in [0.2, 0.25) is 0 Å². The topological polar surface area (TPSA) is 71.5 Å². The first-order valence-electron chi connectivity index (χ1n) is 11.8. The first-order valence-corrected chi connectivity index (χ1v) is 11.8. The number of amides is 2. The van der Waals surface area contributed by atoms with E-state index in [1.165, 1.54) is 6.42 Å². The Labute approximate surface area is 201 Å². The number of pyridine rings is 1. The lowest BCUT2D eigenvalue weighted by molar-refractivity contribution is -0.123. The number of ether oxygens (including phenoxy) is 1. The number of benzene rings is 2. The highest BCUT2D eigenvalue weighted by molar-refractivity contribution is 6.09. The van der Waals surface area contributed by atoms with Crippen molar-refractivity contribution in [2.75, 3.05) is 12.0 Å². The zero-order chi connectivity index (χ0) is 23.9. The molecule has 0 saturated heterocycles. The first-order chi connectivity index (χ1) is 16.6. The molecule has 1 fully saturated rings. The van der Waals surface area contributed by atoms with Crippen LogP contribution < -0.4 is 15.0 Å². The van der Waals surface area contributed by atoms with Crippen molar-refractivity contribution in [2.24, 2.45) is 0 Å². The summed E-state index contributed by atoms with van der Waals surface area (Å²) in [6.45, 7) is 1.96. The smallest absolute Gasteiger partial charge is 0.277 e. The van der Waals surface area contributed by atoms with Gasteiger partial charge in [-0.05, 0) is 55.2 Å². The summed E-state index contributed by atoms with van der Waals surface area (Å²) in [6, 6.07) is 19.4. The van der Waals surface area contributed by atoms with Crippen LogP contribution in [0.4, 0.5) is 5.69 Å². The average molecular weight is 458 g/mol. The van der Waals surface area contributed by atoms with E-state index in [0.29, 0.717) is 11.4 Å². The summed E-state index contributed by atoms with van der Waals surface area (Å²) in [7, 11) is 1.58. The van der Waals surface area contributed by atoms with Crippen molar-refractivity contribution in [3.05, 3.63) is 89.7 Å². The molecule has 1 aliphatic carbocycles. The molecule has 0 radical (unpaired) electrons. The number of anilines is 1. The molecule has 6 heteroatoms. The van der Waals surface area contributed by atoms with Crippen molar-refractivity contribution in [2.45, 2.75) is 51.1 Å². The van der Waals surface area contributed by atoms with Gasteiger partial charge in [0.15, 0.2) is 0 Å². The van der Waals surface area contributed by atoms with Gasteiger partial charge in [-0.1, -0.05) is 55.7 Å². The van der Waals surface area contributed by atoms with Crippen LogP contribution in [0.25, 0.3) is 0 Å². The predicted octanol–water partition coefficient (Wildman–Crippen LogP) is 5.24. The maximum Gasteiger partial charge on any atom is 0.277 e. The number of carbonyl (C=O) groups excluding carboxylic acids is 2. The summed E-state index contributed by atoms with van der Waals surface area (Å²) in [5, 5.41) is 3.25. The fourth-order valence-corrected chi connectivity index (χ4v) is 4.57. The van der Waals surface area contributed by atoms with Gasteiger partial charge in [-0.3, -0.25) is 19.5 Å². The molecule has 4 rings (SSSR count). The minimum absolute atomic E-state index is 0.116. The molecule has 0 aliphatic heterocycles. The minimum atomic E-state index is -0.857. The Balaban J connectivity index is 1.83. The Bertz CT molecular complexity index is 1130. The van der Waals surface area contributed by atoms with Gasteiger partial charge >= 0.3 is 0 Å². The van der Waals surface area contributed by atoms with E-state index in [0.717, 1.165) is 36.8 Å². The van der Waals surface area contributed by atoms with E-state index < -0.39 is 6.04 Å². The second-order valence-corrected chi connectivity index (χ2v) is 8.69. The molecule has 1 aliphatic rings. The van der Waals surface area contributed by atoms with Crippen LogP contribution in [-0.2, 0) is 4.79 Å². The van der Waals surface area contributed by atoms with Crippen LogP contribution in [-0.4, -0.2) is 29.9 Å². The zero-order valence-electron chi connectivity index (χ0n) is 19.7. The van der Waals surface area contributed by atoms with E-state index in [1.54, 1.807) is 42.5 Å². The Morgan fingerprint density at radius 3 is 2.47 bits per heavy atom. The van der Waals surface area contributed by atoms with Crippen LogP contribution >= 0.6 is 0 Å². The molecule has 1 N–H and O–H groups in total. The number of hydrogen-bond donors (Lipinski definition) is 1. The molecule has 34 heavy (non-hydrogen) atoms. The van der Waals surface area contributed by atoms with Crippen molar-refractivity contribution in [3.63, 3.8) is 0 Å². The highest BCUT2D eigenvalue weighted by atomic mass is 16.5. The Morgan fingerprint density at radius 1 is 1.00 bits per heavy atom. The lowest BCUT2D eigenvalue weighted by atomic mass is 9.93. The minimum Gasteiger partial charge on any atom is -0.497 e. The van der Waals surface area contributed by atoms with Gasteiger partial charge in [0.05, 0.1) is 7.11 Å². The Hall–Kier alpha value is -3.67. The van der Waals surface area contributed by atoms with Crippen LogP contribution in [0.3, 0.4) is 0 Å². The fraction of sp³-hybridized carbons (Fsp3) is 0.321. The van der Waals surface area contributed by atoms with Crippen molar-refractivity contribution < 1.29 is 14.3 Å². The molecule has 1 aromatic heterocycles. The average Bonchev–Trinajstić information content (AvgIpc) is 2.88. The van der Waals surface area contributed by atoms with Gasteiger partial charge in [0.25, 0.3) is 5.91 Å². The first kappa shape index (κ1) is 23.5. The van der Waals surface area contributed by atoms with Crippen LogP contribution in [0.15, 0.2) is 72.9 Å². The number of methoxy groups -OCH3 is 1. The summed E-state index contributed by atoms with van der Waals surface area (Å²) in [6.07, 6.45) is 6.90. The summed E-state index contributed by atoms with van der Waals surface area (Å²) in [4.78, 5) is 33.7. The number of hydrogen-bond acceptors (Lipinski definition) is 4. The number of aryl methyl sites for hydroxylation is 1. The third kappa shape index (κ3) is 5.28. The van der Waals surface area contributed by atoms with E-state index >= 15 is 0 Å². The molecular weight excluding hydrogens is 426 g/mol. The molecule has 3 aromatic rings. The molecule has 2 aromatic carbocycles. The maximum atomic E-state index is 13.9. The number of nitrogens with zero attached hydrogens (tertiary/aromatic N) is 2. The second kappa shape index (κ2) is 11.0. The highest BCUT2D eigenvalue weighted by Gasteiger charge is 2.36. The van der Waals surface area contributed by atoms with Crippen LogP contribution in [0, 0.1) is 6.92 Å². The van der Waals surface area contributed by atoms with Crippen molar-refractivity contribution in [1.82, 2.24) is 10.3 Å². The van der Waals surface area contributed by atoms with E-state index in [1.807, 2.05) is 49.4 Å². The molecule has 0 unspecified atom stereocenters. The van der Waals surface area contributed by atoms with Gasteiger partial charge in [-0.25, -0.2) is 0 Å². The van der Waals surface area contributed by atoms with Gasteiger partial charge in [0.2, 0.25) is 5.91 Å². The largest absolute Gasteiger partial charge is 0.497 e. The predicted molar refractivity (Wildman–Crippen MR) is 133 cm³/mol. The van der Waals surface area contributed by atoms with E-state index in [-0.39, 0.29) is 23.6 Å². The lowest BCUT2D eigenvalue weighted by Gasteiger charge is -2.34. The van der Waals surface area contributed by atoms with Gasteiger partial charge in [0.1, 0.15) is 17.5 Å². The maximum absolute atomic E-state index is 13.9. The third-order valence-corrected chi connectivity index (χ3v) is 6.38. The third-order valence-electron chi connectivity index (χ3n) is 6.38. The number of rotatable bonds is 7. The summed E-state index contributed by atoms with van der Waals surface area (Å²) >= 11 is 0.